The summed E-state index contributed by atoms with van der Waals surface area (Å²) in [4.78, 5) is 78.7. The Morgan fingerprint density at radius 2 is 1.13 bits per heavy atom. The van der Waals surface area contributed by atoms with Gasteiger partial charge in [0.1, 0.15) is 30.2 Å². The number of rotatable bonds is 21. The number of nitrogens with one attached hydrogen (secondary N) is 5. The van der Waals surface area contributed by atoms with Gasteiger partial charge < -0.3 is 64.2 Å². The number of carbonyl (C=O) groups excluding carboxylic acids is 5. The molecular formula is C27H43N9O10S. The fourth-order valence-electron chi connectivity index (χ4n) is 3.87. The Hall–Kier alpha value is -4.50. The molecule has 0 aliphatic heterocycles. The van der Waals surface area contributed by atoms with E-state index in [0.717, 1.165) is 5.56 Å². The van der Waals surface area contributed by atoms with Crippen molar-refractivity contribution in [1.29, 1.82) is 0 Å². The van der Waals surface area contributed by atoms with Crippen LogP contribution in [0.5, 0.6) is 0 Å². The van der Waals surface area contributed by atoms with Crippen molar-refractivity contribution < 1.29 is 49.2 Å². The molecule has 1 aromatic carbocycles. The summed E-state index contributed by atoms with van der Waals surface area (Å²) in [5, 5.41) is 49.5. The fourth-order valence-corrected chi connectivity index (χ4v) is 4.12. The summed E-state index contributed by atoms with van der Waals surface area (Å²) >= 11 is 4.00. The van der Waals surface area contributed by atoms with Crippen molar-refractivity contribution in [1.82, 2.24) is 26.6 Å². The van der Waals surface area contributed by atoms with Gasteiger partial charge in [-0.25, -0.2) is 4.79 Å². The largest absolute Gasteiger partial charge is 0.480 e. The van der Waals surface area contributed by atoms with Gasteiger partial charge in [0.2, 0.25) is 29.5 Å². The topological polar surface area (TPSA) is 334 Å². The Balaban J connectivity index is 2.78. The predicted octanol–water partition coefficient (Wildman–Crippen LogP) is -5.97. The smallest absolute Gasteiger partial charge is 0.326 e. The first-order chi connectivity index (χ1) is 22.3. The SMILES string of the molecule is NC(N)=NCCC[C@H](NC(=O)[C@H](CO)NC(=O)[C@H](CS)NC(=O)[C@H](CO)NC(=O)[C@H](CO)NC(=O)[C@@H](N)Cc1ccccc1)C(=O)O. The average Bonchev–Trinajstić information content (AvgIpc) is 3.04. The molecule has 20 heteroatoms. The molecule has 0 spiro atoms. The number of carboxylic acid groups (broad SMARTS) is 1. The van der Waals surface area contributed by atoms with Gasteiger partial charge in [0.05, 0.1) is 25.9 Å². The van der Waals surface area contributed by atoms with E-state index in [4.69, 9.17) is 17.2 Å². The molecule has 47 heavy (non-hydrogen) atoms. The number of guanidine groups is 1. The fraction of sp³-hybridized carbons (Fsp3) is 0.519. The second-order valence-corrected chi connectivity index (χ2v) is 10.5. The summed E-state index contributed by atoms with van der Waals surface area (Å²) in [6.45, 7) is -2.68. The van der Waals surface area contributed by atoms with E-state index in [0.29, 0.717) is 0 Å². The Labute approximate surface area is 275 Å². The molecule has 0 heterocycles. The van der Waals surface area contributed by atoms with Gasteiger partial charge in [-0.2, -0.15) is 12.6 Å². The minimum Gasteiger partial charge on any atom is -0.480 e. The Morgan fingerprint density at radius 3 is 1.55 bits per heavy atom. The maximum atomic E-state index is 12.8. The molecular weight excluding hydrogens is 642 g/mol. The lowest BCUT2D eigenvalue weighted by molar-refractivity contribution is -0.142. The van der Waals surface area contributed by atoms with E-state index in [1.165, 1.54) is 0 Å². The summed E-state index contributed by atoms with van der Waals surface area (Å²) < 4.78 is 0. The number of benzene rings is 1. The number of thiol groups is 1. The van der Waals surface area contributed by atoms with Gasteiger partial charge in [-0.05, 0) is 24.8 Å². The lowest BCUT2D eigenvalue weighted by atomic mass is 10.1. The van der Waals surface area contributed by atoms with E-state index in [2.05, 4.69) is 44.2 Å². The first-order valence-corrected chi connectivity index (χ1v) is 14.9. The van der Waals surface area contributed by atoms with Gasteiger partial charge in [-0.1, -0.05) is 30.3 Å². The zero-order chi connectivity index (χ0) is 35.5. The van der Waals surface area contributed by atoms with E-state index >= 15 is 0 Å². The van der Waals surface area contributed by atoms with Crippen molar-refractivity contribution in [2.45, 2.75) is 55.5 Å². The maximum Gasteiger partial charge on any atom is 0.326 e. The molecule has 262 valence electrons. The second kappa shape index (κ2) is 21.3. The minimum atomic E-state index is -1.66. The van der Waals surface area contributed by atoms with Crippen molar-refractivity contribution in [2.24, 2.45) is 22.2 Å². The number of aliphatic hydroxyl groups excluding tert-OH is 3. The van der Waals surface area contributed by atoms with Crippen LogP contribution < -0.4 is 43.8 Å². The molecule has 0 saturated heterocycles. The highest BCUT2D eigenvalue weighted by Gasteiger charge is 2.32. The lowest BCUT2D eigenvalue weighted by Crippen LogP contribution is -2.61. The van der Waals surface area contributed by atoms with Crippen LogP contribution in [-0.4, -0.2) is 130 Å². The van der Waals surface area contributed by atoms with Gasteiger partial charge in [0, 0.05) is 12.3 Å². The molecule has 1 aromatic rings. The molecule has 0 saturated carbocycles. The summed E-state index contributed by atoms with van der Waals surface area (Å²) in [5.74, 6) is -6.86. The van der Waals surface area contributed by atoms with E-state index in [-0.39, 0.29) is 37.5 Å². The number of aliphatic imine (C=N–C) groups is 1. The van der Waals surface area contributed by atoms with E-state index in [9.17, 15) is 49.2 Å². The number of hydrogen-bond acceptors (Lipinski definition) is 12. The second-order valence-electron chi connectivity index (χ2n) is 10.1. The predicted molar refractivity (Wildman–Crippen MR) is 170 cm³/mol. The molecule has 5 amide bonds. The Kier molecular flexibility index (Phi) is 18.4. The number of amides is 5. The monoisotopic (exact) mass is 685 g/mol. The summed E-state index contributed by atoms with van der Waals surface area (Å²) in [6.07, 6.45) is 0.255. The standard InChI is InChI=1S/C27H43N9O10S/c28-15(9-14-5-2-1-3-6-14)21(40)33-17(10-37)23(42)34-19(12-39)24(43)36-20(13-47)25(44)35-18(11-38)22(41)32-16(26(45)46)7-4-8-31-27(29)30/h1-3,5-6,15-20,37-39,47H,4,7-13,28H2,(H,32,41)(H,33,40)(H,34,42)(H,35,44)(H,36,43)(H,45,46)(H4,29,30,31)/t15-,16-,17-,18-,19-,20-/m0/s1. The number of hydrogen-bond donors (Lipinski definition) is 13. The zero-order valence-corrected chi connectivity index (χ0v) is 26.3. The molecule has 0 bridgehead atoms. The molecule has 15 N–H and O–H groups in total. The van der Waals surface area contributed by atoms with Crippen LogP contribution in [0.25, 0.3) is 0 Å². The number of nitrogens with zero attached hydrogens (tertiary/aromatic N) is 1. The average molecular weight is 686 g/mol. The van der Waals surface area contributed by atoms with Crippen LogP contribution >= 0.6 is 12.6 Å². The van der Waals surface area contributed by atoms with Crippen LogP contribution in [0.1, 0.15) is 18.4 Å². The molecule has 1 rings (SSSR count). The third-order valence-corrected chi connectivity index (χ3v) is 6.82. The van der Waals surface area contributed by atoms with E-state index < -0.39 is 91.6 Å². The van der Waals surface area contributed by atoms with E-state index in [1.54, 1.807) is 30.3 Å². The van der Waals surface area contributed by atoms with Crippen molar-refractivity contribution in [3.63, 3.8) is 0 Å². The highest BCUT2D eigenvalue weighted by atomic mass is 32.1. The van der Waals surface area contributed by atoms with Gasteiger partial charge >= 0.3 is 5.97 Å². The number of aliphatic hydroxyl groups is 3. The maximum absolute atomic E-state index is 12.8. The van der Waals surface area contributed by atoms with Crippen LogP contribution in [0.2, 0.25) is 0 Å². The van der Waals surface area contributed by atoms with Crippen LogP contribution in [-0.2, 0) is 35.2 Å². The van der Waals surface area contributed by atoms with Crippen LogP contribution in [0.3, 0.4) is 0 Å². The normalized spacial score (nSPS) is 14.6. The quantitative estimate of drug-likeness (QED) is 0.0248. The first-order valence-electron chi connectivity index (χ1n) is 14.3. The summed E-state index contributed by atoms with van der Waals surface area (Å²) in [7, 11) is 0. The molecule has 0 fully saturated rings. The minimum absolute atomic E-state index is 0.0746. The van der Waals surface area contributed by atoms with Crippen molar-refractivity contribution in [3.8, 4) is 0 Å². The highest BCUT2D eigenvalue weighted by Crippen LogP contribution is 2.03. The number of carbonyl (C=O) groups is 6. The van der Waals surface area contributed by atoms with Crippen molar-refractivity contribution in [2.75, 3.05) is 32.1 Å². The first kappa shape index (κ1) is 40.5. The van der Waals surface area contributed by atoms with Crippen LogP contribution in [0.15, 0.2) is 35.3 Å². The number of carboxylic acids is 1. The van der Waals surface area contributed by atoms with Crippen molar-refractivity contribution >= 4 is 54.1 Å². The molecule has 0 aliphatic carbocycles. The van der Waals surface area contributed by atoms with Gasteiger partial charge in [0.15, 0.2) is 5.96 Å². The van der Waals surface area contributed by atoms with Gasteiger partial charge in [0.25, 0.3) is 0 Å². The lowest BCUT2D eigenvalue weighted by Gasteiger charge is -2.25. The van der Waals surface area contributed by atoms with Gasteiger partial charge in [-0.15, -0.1) is 0 Å². The van der Waals surface area contributed by atoms with Gasteiger partial charge in [-0.3, -0.25) is 29.0 Å². The van der Waals surface area contributed by atoms with Crippen LogP contribution in [0, 0.1) is 0 Å². The summed E-state index contributed by atoms with van der Waals surface area (Å²) in [6, 6.07) is 0.0422. The van der Waals surface area contributed by atoms with E-state index in [1.807, 2.05) is 0 Å². The molecule has 0 aliphatic rings. The van der Waals surface area contributed by atoms with Crippen LogP contribution in [0.4, 0.5) is 0 Å². The third-order valence-electron chi connectivity index (χ3n) is 6.46. The zero-order valence-electron chi connectivity index (χ0n) is 25.4. The Bertz CT molecular complexity index is 1240. The molecule has 0 aromatic heterocycles. The number of aliphatic carboxylic acids is 1. The summed E-state index contributed by atoms with van der Waals surface area (Å²) in [5.41, 5.74) is 17.1. The molecule has 19 nitrogen and oxygen atoms in total. The Morgan fingerprint density at radius 1 is 0.702 bits per heavy atom. The number of nitrogens with two attached hydrogens (primary N) is 3. The van der Waals surface area contributed by atoms with Crippen molar-refractivity contribution in [3.05, 3.63) is 35.9 Å². The third kappa shape index (κ3) is 14.6. The molecule has 0 unspecified atom stereocenters. The molecule has 0 radical (unpaired) electrons. The highest BCUT2D eigenvalue weighted by molar-refractivity contribution is 7.80. The molecule has 6 atom stereocenters.